The third-order valence-electron chi connectivity index (χ3n) is 3.05. The van der Waals surface area contributed by atoms with E-state index in [1.165, 1.54) is 13.2 Å². The zero-order valence-electron chi connectivity index (χ0n) is 11.3. The van der Waals surface area contributed by atoms with Gasteiger partial charge in [-0.05, 0) is 11.6 Å². The maximum Gasteiger partial charge on any atom is 0.330 e. The molecule has 1 aliphatic rings. The van der Waals surface area contributed by atoms with Gasteiger partial charge in [0.25, 0.3) is 0 Å². The normalized spacial score (nSPS) is 26.0. The Bertz CT molecular complexity index is 457. The van der Waals surface area contributed by atoms with Crippen LogP contribution in [-0.2, 0) is 25.6 Å². The van der Waals surface area contributed by atoms with E-state index in [1.807, 2.05) is 30.3 Å². The van der Waals surface area contributed by atoms with E-state index in [2.05, 4.69) is 4.74 Å². The molecule has 1 N–H and O–H groups in total. The molecule has 1 aromatic rings. The van der Waals surface area contributed by atoms with Crippen molar-refractivity contribution < 1.29 is 24.1 Å². The summed E-state index contributed by atoms with van der Waals surface area (Å²) in [7, 11) is 1.31. The molecule has 1 aromatic carbocycles. The van der Waals surface area contributed by atoms with Gasteiger partial charge in [0.2, 0.25) is 0 Å². The van der Waals surface area contributed by atoms with Crippen LogP contribution in [0.4, 0.5) is 0 Å². The zero-order chi connectivity index (χ0) is 14.4. The number of carbonyl (C=O) groups is 1. The van der Waals surface area contributed by atoms with Crippen molar-refractivity contribution in [3.05, 3.63) is 48.0 Å². The number of aliphatic hydroxyl groups excluding tert-OH is 1. The summed E-state index contributed by atoms with van der Waals surface area (Å²) in [6.45, 7) is 0.416. The van der Waals surface area contributed by atoms with E-state index < -0.39 is 18.4 Å². The Morgan fingerprint density at radius 2 is 2.20 bits per heavy atom. The molecule has 5 nitrogen and oxygen atoms in total. The Morgan fingerprint density at radius 1 is 1.45 bits per heavy atom. The first-order chi connectivity index (χ1) is 9.69. The molecule has 0 aromatic heterocycles. The van der Waals surface area contributed by atoms with Crippen molar-refractivity contribution in [3.8, 4) is 0 Å². The maximum absolute atomic E-state index is 11.0. The summed E-state index contributed by atoms with van der Waals surface area (Å²) >= 11 is 0. The molecule has 20 heavy (non-hydrogen) atoms. The molecule has 1 aliphatic heterocycles. The number of esters is 1. The number of aliphatic hydroxyl groups is 1. The highest BCUT2D eigenvalue weighted by molar-refractivity contribution is 5.81. The van der Waals surface area contributed by atoms with Gasteiger partial charge in [0, 0.05) is 12.5 Å². The van der Waals surface area contributed by atoms with Crippen LogP contribution in [0, 0.1) is 0 Å². The number of hydrogen-bond donors (Lipinski definition) is 1. The maximum atomic E-state index is 11.0. The average molecular weight is 278 g/mol. The fourth-order valence-electron chi connectivity index (χ4n) is 1.97. The minimum absolute atomic E-state index is 0.343. The number of hydrogen-bond acceptors (Lipinski definition) is 5. The van der Waals surface area contributed by atoms with Crippen LogP contribution in [0.25, 0.3) is 0 Å². The van der Waals surface area contributed by atoms with Crippen LogP contribution >= 0.6 is 0 Å². The first kappa shape index (κ1) is 14.7. The van der Waals surface area contributed by atoms with Crippen molar-refractivity contribution in [1.29, 1.82) is 0 Å². The molecular formula is C15H18O5. The minimum atomic E-state index is -0.981. The van der Waals surface area contributed by atoms with Crippen molar-refractivity contribution in [3.63, 3.8) is 0 Å². The second kappa shape index (κ2) is 7.19. The average Bonchev–Trinajstić information content (AvgIpc) is 2.84. The summed E-state index contributed by atoms with van der Waals surface area (Å²) in [4.78, 5) is 11.0. The second-order valence-electron chi connectivity index (χ2n) is 4.52. The van der Waals surface area contributed by atoms with Crippen LogP contribution in [-0.4, -0.2) is 36.7 Å². The Labute approximate surface area is 117 Å². The van der Waals surface area contributed by atoms with E-state index in [4.69, 9.17) is 9.47 Å². The summed E-state index contributed by atoms with van der Waals surface area (Å²) in [5.74, 6) is -0.447. The monoisotopic (exact) mass is 278 g/mol. The quantitative estimate of drug-likeness (QED) is 0.651. The lowest BCUT2D eigenvalue weighted by atomic mass is 10.2. The molecule has 1 saturated heterocycles. The third kappa shape index (κ3) is 4.16. The van der Waals surface area contributed by atoms with Crippen LogP contribution in [0.3, 0.4) is 0 Å². The van der Waals surface area contributed by atoms with Gasteiger partial charge in [-0.25, -0.2) is 4.79 Å². The van der Waals surface area contributed by atoms with Gasteiger partial charge in [-0.1, -0.05) is 30.3 Å². The van der Waals surface area contributed by atoms with Crippen molar-refractivity contribution in [2.24, 2.45) is 0 Å². The van der Waals surface area contributed by atoms with E-state index in [-0.39, 0.29) is 6.10 Å². The Morgan fingerprint density at radius 3 is 2.90 bits per heavy atom. The number of benzene rings is 1. The molecule has 1 fully saturated rings. The molecule has 0 radical (unpaired) electrons. The van der Waals surface area contributed by atoms with Crippen LogP contribution in [0.15, 0.2) is 42.5 Å². The third-order valence-corrected chi connectivity index (χ3v) is 3.05. The standard InChI is InChI=1S/C15H18O5/c1-18-14(16)8-7-12-9-13(15(17)20-12)19-10-11-5-3-2-4-6-11/h2-8,12-13,15,17H,9-10H2,1H3/b8-7+/t12-,13+,15?/m0/s1. The molecule has 3 atom stereocenters. The Kier molecular flexibility index (Phi) is 5.29. The van der Waals surface area contributed by atoms with Crippen molar-refractivity contribution in [2.75, 3.05) is 7.11 Å². The predicted octanol–water partition coefficient (Wildman–Crippen LogP) is 1.41. The smallest absolute Gasteiger partial charge is 0.330 e. The highest BCUT2D eigenvalue weighted by atomic mass is 16.6. The minimum Gasteiger partial charge on any atom is -0.466 e. The summed E-state index contributed by atoms with van der Waals surface area (Å²) in [5.41, 5.74) is 1.04. The van der Waals surface area contributed by atoms with E-state index in [1.54, 1.807) is 6.08 Å². The topological polar surface area (TPSA) is 65.0 Å². The highest BCUT2D eigenvalue weighted by Gasteiger charge is 2.33. The highest BCUT2D eigenvalue weighted by Crippen LogP contribution is 2.23. The lowest BCUT2D eigenvalue weighted by Gasteiger charge is -2.13. The molecule has 2 rings (SSSR count). The molecule has 1 unspecified atom stereocenters. The van der Waals surface area contributed by atoms with E-state index in [9.17, 15) is 9.90 Å². The Balaban J connectivity index is 1.82. The zero-order valence-corrected chi connectivity index (χ0v) is 11.3. The summed E-state index contributed by atoms with van der Waals surface area (Å²) in [6.07, 6.45) is 1.64. The van der Waals surface area contributed by atoms with E-state index >= 15 is 0 Å². The molecule has 0 saturated carbocycles. The lowest BCUT2D eigenvalue weighted by molar-refractivity contribution is -0.139. The molecule has 0 amide bonds. The molecule has 1 heterocycles. The molecule has 5 heteroatoms. The van der Waals surface area contributed by atoms with Crippen molar-refractivity contribution in [2.45, 2.75) is 31.5 Å². The van der Waals surface area contributed by atoms with Gasteiger partial charge in [-0.2, -0.15) is 0 Å². The second-order valence-corrected chi connectivity index (χ2v) is 4.52. The number of methoxy groups -OCH3 is 1. The van der Waals surface area contributed by atoms with Gasteiger partial charge in [0.05, 0.1) is 19.8 Å². The molecule has 0 aliphatic carbocycles. The predicted molar refractivity (Wildman–Crippen MR) is 71.7 cm³/mol. The molecule has 0 bridgehead atoms. The Hall–Kier alpha value is -1.69. The van der Waals surface area contributed by atoms with Crippen LogP contribution in [0.2, 0.25) is 0 Å². The van der Waals surface area contributed by atoms with E-state index in [0.29, 0.717) is 13.0 Å². The van der Waals surface area contributed by atoms with Gasteiger partial charge < -0.3 is 19.3 Å². The fraction of sp³-hybridized carbons (Fsp3) is 0.400. The summed E-state index contributed by atoms with van der Waals surface area (Å²) in [6, 6.07) is 9.71. The van der Waals surface area contributed by atoms with Crippen molar-refractivity contribution >= 4 is 5.97 Å². The van der Waals surface area contributed by atoms with Gasteiger partial charge in [0.15, 0.2) is 6.29 Å². The largest absolute Gasteiger partial charge is 0.466 e. The molecule has 108 valence electrons. The summed E-state index contributed by atoms with van der Waals surface area (Å²) < 4.78 is 15.4. The fourth-order valence-corrected chi connectivity index (χ4v) is 1.97. The first-order valence-electron chi connectivity index (χ1n) is 6.44. The van der Waals surface area contributed by atoms with Crippen LogP contribution < -0.4 is 0 Å². The molecule has 0 spiro atoms. The number of rotatable bonds is 5. The number of ether oxygens (including phenoxy) is 3. The SMILES string of the molecule is COC(=O)/C=C/[C@H]1C[C@@H](OCc2ccccc2)C(O)O1. The van der Waals surface area contributed by atoms with Crippen molar-refractivity contribution in [1.82, 2.24) is 0 Å². The van der Waals surface area contributed by atoms with Gasteiger partial charge in [-0.3, -0.25) is 0 Å². The number of carbonyl (C=O) groups excluding carboxylic acids is 1. The van der Waals surface area contributed by atoms with E-state index in [0.717, 1.165) is 5.56 Å². The lowest BCUT2D eigenvalue weighted by Crippen LogP contribution is -2.23. The van der Waals surface area contributed by atoms with Crippen LogP contribution in [0.1, 0.15) is 12.0 Å². The summed E-state index contributed by atoms with van der Waals surface area (Å²) in [5, 5.41) is 9.76. The first-order valence-corrected chi connectivity index (χ1v) is 6.44. The van der Waals surface area contributed by atoms with Crippen LogP contribution in [0.5, 0.6) is 0 Å². The molecular weight excluding hydrogens is 260 g/mol. The van der Waals surface area contributed by atoms with Gasteiger partial charge in [0.1, 0.15) is 6.10 Å². The van der Waals surface area contributed by atoms with Gasteiger partial charge in [-0.15, -0.1) is 0 Å². The van der Waals surface area contributed by atoms with Gasteiger partial charge >= 0.3 is 5.97 Å².